The molecule has 0 aliphatic carbocycles. The minimum absolute atomic E-state index is 0.230. The number of hydrogen-bond acceptors (Lipinski definition) is 3. The van der Waals surface area contributed by atoms with Crippen LogP contribution >= 0.6 is 0 Å². The van der Waals surface area contributed by atoms with E-state index >= 15 is 0 Å². The minimum Gasteiger partial charge on any atom is -0.493 e. The molecular weight excluding hydrogens is 300 g/mol. The molecule has 2 aromatic rings. The summed E-state index contributed by atoms with van der Waals surface area (Å²) in [4.78, 5) is 12.1. The molecule has 3 nitrogen and oxygen atoms in total. The average molecular weight is 330 g/mol. The smallest absolute Gasteiger partial charge is 0.339 e. The second-order valence-corrected chi connectivity index (χ2v) is 6.52. The third-order valence-electron chi connectivity index (χ3n) is 4.57. The highest BCUT2D eigenvalue weighted by Gasteiger charge is 2.08. The minimum atomic E-state index is -0.230. The Morgan fingerprint density at radius 1 is 0.958 bits per heavy atom. The lowest BCUT2D eigenvalue weighted by atomic mass is 10.0. The largest absolute Gasteiger partial charge is 0.493 e. The summed E-state index contributed by atoms with van der Waals surface area (Å²) < 4.78 is 10.7. The van der Waals surface area contributed by atoms with E-state index in [2.05, 4.69) is 6.92 Å². The lowest BCUT2D eigenvalue weighted by molar-refractivity contribution is 0.406. The molecule has 0 unspecified atom stereocenters. The molecule has 0 radical (unpaired) electrons. The van der Waals surface area contributed by atoms with Gasteiger partial charge in [0, 0.05) is 10.9 Å². The summed E-state index contributed by atoms with van der Waals surface area (Å²) in [6.45, 7) is 2.25. The molecule has 0 saturated carbocycles. The van der Waals surface area contributed by atoms with Crippen LogP contribution in [0.5, 0.6) is 5.75 Å². The SMILES string of the molecule is CCCCCCCCCCCc1cc2cccc(OC)c2oc1=O. The summed E-state index contributed by atoms with van der Waals surface area (Å²) in [5.41, 5.74) is 1.09. The monoisotopic (exact) mass is 330 g/mol. The fourth-order valence-corrected chi connectivity index (χ4v) is 3.12. The van der Waals surface area contributed by atoms with Crippen molar-refractivity contribution in [1.82, 2.24) is 0 Å². The molecule has 3 heteroatoms. The fourth-order valence-electron chi connectivity index (χ4n) is 3.12. The second-order valence-electron chi connectivity index (χ2n) is 6.52. The highest BCUT2D eigenvalue weighted by Crippen LogP contribution is 2.24. The van der Waals surface area contributed by atoms with E-state index in [4.69, 9.17) is 9.15 Å². The second kappa shape index (κ2) is 10.2. The number of methoxy groups -OCH3 is 1. The molecule has 2 rings (SSSR count). The highest BCUT2D eigenvalue weighted by molar-refractivity contribution is 5.82. The van der Waals surface area contributed by atoms with E-state index in [0.29, 0.717) is 11.3 Å². The average Bonchev–Trinajstić information content (AvgIpc) is 2.60. The van der Waals surface area contributed by atoms with E-state index in [1.165, 1.54) is 51.4 Å². The lowest BCUT2D eigenvalue weighted by Gasteiger charge is -2.06. The van der Waals surface area contributed by atoms with E-state index in [9.17, 15) is 4.79 Å². The molecule has 0 fully saturated rings. The van der Waals surface area contributed by atoms with Crippen LogP contribution in [-0.4, -0.2) is 7.11 Å². The number of para-hydroxylation sites is 1. The van der Waals surface area contributed by atoms with Gasteiger partial charge in [-0.1, -0.05) is 70.4 Å². The molecule has 1 aromatic heterocycles. The van der Waals surface area contributed by atoms with Crippen LogP contribution in [0.25, 0.3) is 11.0 Å². The van der Waals surface area contributed by atoms with Crippen molar-refractivity contribution in [2.45, 2.75) is 71.1 Å². The standard InChI is InChI=1S/C21H30O3/c1-3-4-5-6-7-8-9-10-11-13-18-16-17-14-12-15-19(23-2)20(17)24-21(18)22/h12,14-16H,3-11,13H2,1-2H3. The van der Waals surface area contributed by atoms with E-state index in [1.54, 1.807) is 7.11 Å². The number of ether oxygens (including phenoxy) is 1. The predicted octanol–water partition coefficient (Wildman–Crippen LogP) is 5.87. The molecule has 0 N–H and O–H groups in total. The van der Waals surface area contributed by atoms with Crippen molar-refractivity contribution in [2.24, 2.45) is 0 Å². The van der Waals surface area contributed by atoms with Crippen LogP contribution in [0, 0.1) is 0 Å². The van der Waals surface area contributed by atoms with Gasteiger partial charge < -0.3 is 9.15 Å². The number of aryl methyl sites for hydroxylation is 1. The van der Waals surface area contributed by atoms with Crippen LogP contribution in [0.3, 0.4) is 0 Å². The normalized spacial score (nSPS) is 11.1. The van der Waals surface area contributed by atoms with E-state index in [1.807, 2.05) is 24.3 Å². The Kier molecular flexibility index (Phi) is 7.87. The number of fused-ring (bicyclic) bond motifs is 1. The van der Waals surface area contributed by atoms with Crippen LogP contribution in [0.1, 0.15) is 70.3 Å². The Bertz CT molecular complexity index is 672. The molecule has 0 aliphatic heterocycles. The Labute approximate surface area is 145 Å². The topological polar surface area (TPSA) is 39.4 Å². The molecule has 0 atom stereocenters. The number of hydrogen-bond donors (Lipinski definition) is 0. The van der Waals surface area contributed by atoms with Gasteiger partial charge in [-0.15, -0.1) is 0 Å². The summed E-state index contributed by atoms with van der Waals surface area (Å²) in [5.74, 6) is 0.610. The van der Waals surface area contributed by atoms with Crippen LogP contribution in [-0.2, 0) is 6.42 Å². The van der Waals surface area contributed by atoms with Crippen LogP contribution < -0.4 is 10.4 Å². The van der Waals surface area contributed by atoms with Crippen molar-refractivity contribution in [3.05, 3.63) is 40.2 Å². The number of rotatable bonds is 11. The van der Waals surface area contributed by atoms with Crippen LogP contribution in [0.15, 0.2) is 33.5 Å². The van der Waals surface area contributed by atoms with E-state index < -0.39 is 0 Å². The Hall–Kier alpha value is -1.77. The zero-order valence-electron chi connectivity index (χ0n) is 15.1. The molecule has 0 spiro atoms. The molecule has 132 valence electrons. The maximum Gasteiger partial charge on any atom is 0.339 e. The van der Waals surface area contributed by atoms with Gasteiger partial charge in [-0.25, -0.2) is 4.79 Å². The molecule has 0 amide bonds. The summed E-state index contributed by atoms with van der Waals surface area (Å²) >= 11 is 0. The molecule has 0 aliphatic rings. The highest BCUT2D eigenvalue weighted by atomic mass is 16.5. The molecule has 0 bridgehead atoms. The fraction of sp³-hybridized carbons (Fsp3) is 0.571. The van der Waals surface area contributed by atoms with Crippen molar-refractivity contribution in [3.63, 3.8) is 0 Å². The van der Waals surface area contributed by atoms with Crippen molar-refractivity contribution in [1.29, 1.82) is 0 Å². The summed E-state index contributed by atoms with van der Waals surface area (Å²) in [5, 5.41) is 0.930. The molecule has 0 saturated heterocycles. The van der Waals surface area contributed by atoms with Crippen LogP contribution in [0.2, 0.25) is 0 Å². The first kappa shape index (κ1) is 18.6. The molecular formula is C21H30O3. The zero-order valence-corrected chi connectivity index (χ0v) is 15.1. The summed E-state index contributed by atoms with van der Waals surface area (Å²) in [6, 6.07) is 7.64. The summed E-state index contributed by atoms with van der Waals surface area (Å²) in [6.07, 6.45) is 12.4. The molecule has 24 heavy (non-hydrogen) atoms. The van der Waals surface area contributed by atoms with Crippen molar-refractivity contribution in [2.75, 3.05) is 7.11 Å². The third-order valence-corrected chi connectivity index (χ3v) is 4.57. The van der Waals surface area contributed by atoms with Crippen LogP contribution in [0.4, 0.5) is 0 Å². The van der Waals surface area contributed by atoms with Crippen molar-refractivity contribution >= 4 is 11.0 Å². The Morgan fingerprint density at radius 2 is 1.62 bits per heavy atom. The quantitative estimate of drug-likeness (QED) is 0.382. The first-order chi connectivity index (χ1) is 11.8. The summed E-state index contributed by atoms with van der Waals surface area (Å²) in [7, 11) is 1.59. The maximum atomic E-state index is 12.1. The van der Waals surface area contributed by atoms with Gasteiger partial charge >= 0.3 is 5.63 Å². The maximum absolute atomic E-state index is 12.1. The Morgan fingerprint density at radius 3 is 2.29 bits per heavy atom. The first-order valence-corrected chi connectivity index (χ1v) is 9.36. The third kappa shape index (κ3) is 5.40. The molecule has 1 heterocycles. The van der Waals surface area contributed by atoms with Gasteiger partial charge in [0.05, 0.1) is 7.11 Å². The Balaban J connectivity index is 1.79. The van der Waals surface area contributed by atoms with Gasteiger partial charge in [0.2, 0.25) is 0 Å². The van der Waals surface area contributed by atoms with E-state index in [0.717, 1.165) is 23.8 Å². The van der Waals surface area contributed by atoms with E-state index in [-0.39, 0.29) is 5.63 Å². The van der Waals surface area contributed by atoms with Crippen molar-refractivity contribution < 1.29 is 9.15 Å². The van der Waals surface area contributed by atoms with Gasteiger partial charge in [0.1, 0.15) is 0 Å². The van der Waals surface area contributed by atoms with Crippen molar-refractivity contribution in [3.8, 4) is 5.75 Å². The number of unbranched alkanes of at least 4 members (excludes halogenated alkanes) is 8. The number of benzene rings is 1. The van der Waals surface area contributed by atoms with Gasteiger partial charge in [-0.3, -0.25) is 0 Å². The first-order valence-electron chi connectivity index (χ1n) is 9.36. The van der Waals surface area contributed by atoms with Gasteiger partial charge in [-0.2, -0.15) is 0 Å². The van der Waals surface area contributed by atoms with Gasteiger partial charge in [0.25, 0.3) is 0 Å². The molecule has 1 aromatic carbocycles. The zero-order chi connectivity index (χ0) is 17.2. The predicted molar refractivity (Wildman–Crippen MR) is 100.0 cm³/mol. The van der Waals surface area contributed by atoms with Gasteiger partial charge in [-0.05, 0) is 25.0 Å². The lowest BCUT2D eigenvalue weighted by Crippen LogP contribution is -2.07. The van der Waals surface area contributed by atoms with Gasteiger partial charge in [0.15, 0.2) is 11.3 Å².